The highest BCUT2D eigenvalue weighted by Crippen LogP contribution is 2.26. The third-order valence-corrected chi connectivity index (χ3v) is 2.19. The van der Waals surface area contributed by atoms with E-state index in [2.05, 4.69) is 13.8 Å². The van der Waals surface area contributed by atoms with Crippen molar-refractivity contribution >= 4 is 0 Å². The zero-order chi connectivity index (χ0) is 11.4. The summed E-state index contributed by atoms with van der Waals surface area (Å²) in [5, 5.41) is 9.58. The van der Waals surface area contributed by atoms with Gasteiger partial charge in [0.25, 0.3) is 0 Å². The van der Waals surface area contributed by atoms with Gasteiger partial charge in [-0.25, -0.2) is 0 Å². The molecule has 0 aliphatic rings. The Morgan fingerprint density at radius 3 is 2.47 bits per heavy atom. The largest absolute Gasteiger partial charge is 0.493 e. The van der Waals surface area contributed by atoms with E-state index in [9.17, 15) is 5.11 Å². The minimum Gasteiger partial charge on any atom is -0.493 e. The predicted molar refractivity (Wildman–Crippen MR) is 62.1 cm³/mol. The van der Waals surface area contributed by atoms with Crippen LogP contribution in [0.2, 0.25) is 0 Å². The first-order valence-corrected chi connectivity index (χ1v) is 5.42. The van der Waals surface area contributed by atoms with Gasteiger partial charge in [-0.1, -0.05) is 26.0 Å². The maximum atomic E-state index is 9.58. The van der Waals surface area contributed by atoms with Gasteiger partial charge in [-0.3, -0.25) is 0 Å². The summed E-state index contributed by atoms with van der Waals surface area (Å²) in [5.74, 6) is 1.30. The molecule has 2 heteroatoms. The van der Waals surface area contributed by atoms with E-state index in [0.29, 0.717) is 12.5 Å². The highest BCUT2D eigenvalue weighted by Gasteiger charge is 2.09. The van der Waals surface area contributed by atoms with Crippen LogP contribution >= 0.6 is 0 Å². The molecule has 84 valence electrons. The van der Waals surface area contributed by atoms with Crippen molar-refractivity contribution in [1.82, 2.24) is 0 Å². The van der Waals surface area contributed by atoms with Gasteiger partial charge < -0.3 is 9.84 Å². The first kappa shape index (κ1) is 12.1. The number of ether oxygens (including phenoxy) is 1. The number of benzene rings is 1. The monoisotopic (exact) mass is 208 g/mol. The van der Waals surface area contributed by atoms with Gasteiger partial charge in [0.05, 0.1) is 12.7 Å². The minimum atomic E-state index is -0.479. The summed E-state index contributed by atoms with van der Waals surface area (Å²) in [7, 11) is 0. The van der Waals surface area contributed by atoms with Gasteiger partial charge in [0.1, 0.15) is 5.75 Å². The predicted octanol–water partition coefficient (Wildman–Crippen LogP) is 3.08. The summed E-state index contributed by atoms with van der Waals surface area (Å²) in [4.78, 5) is 0. The van der Waals surface area contributed by atoms with Crippen molar-refractivity contribution in [3.05, 3.63) is 29.3 Å². The lowest BCUT2D eigenvalue weighted by atomic mass is 10.1. The Bertz CT molecular complexity index is 316. The van der Waals surface area contributed by atoms with E-state index >= 15 is 0 Å². The molecule has 0 fully saturated rings. The molecule has 0 unspecified atom stereocenters. The fourth-order valence-corrected chi connectivity index (χ4v) is 1.37. The average molecular weight is 208 g/mol. The van der Waals surface area contributed by atoms with E-state index in [1.165, 1.54) is 0 Å². The number of rotatable bonds is 4. The molecular formula is C13H20O2. The van der Waals surface area contributed by atoms with Crippen molar-refractivity contribution < 1.29 is 9.84 Å². The van der Waals surface area contributed by atoms with Crippen LogP contribution in [0.5, 0.6) is 5.75 Å². The Kier molecular flexibility index (Phi) is 4.15. The first-order valence-electron chi connectivity index (χ1n) is 5.42. The lowest BCUT2D eigenvalue weighted by molar-refractivity contribution is 0.188. The number of aryl methyl sites for hydroxylation is 1. The average Bonchev–Trinajstić information content (AvgIpc) is 2.14. The van der Waals surface area contributed by atoms with Crippen molar-refractivity contribution in [3.8, 4) is 5.75 Å². The zero-order valence-electron chi connectivity index (χ0n) is 9.95. The van der Waals surface area contributed by atoms with Gasteiger partial charge in [-0.05, 0) is 31.4 Å². The highest BCUT2D eigenvalue weighted by molar-refractivity contribution is 5.38. The van der Waals surface area contributed by atoms with Crippen molar-refractivity contribution in [3.63, 3.8) is 0 Å². The molecule has 1 atom stereocenters. The van der Waals surface area contributed by atoms with E-state index in [0.717, 1.165) is 16.9 Å². The fourth-order valence-electron chi connectivity index (χ4n) is 1.37. The molecule has 1 N–H and O–H groups in total. The van der Waals surface area contributed by atoms with E-state index in [1.54, 1.807) is 6.92 Å². The molecule has 0 amide bonds. The number of hydrogen-bond acceptors (Lipinski definition) is 2. The number of aliphatic hydroxyl groups is 1. The molecule has 2 nitrogen and oxygen atoms in total. The molecule has 0 saturated carbocycles. The van der Waals surface area contributed by atoms with E-state index in [-0.39, 0.29) is 0 Å². The lowest BCUT2D eigenvalue weighted by Crippen LogP contribution is -2.07. The maximum Gasteiger partial charge on any atom is 0.125 e. The van der Waals surface area contributed by atoms with Crippen LogP contribution in [-0.2, 0) is 0 Å². The summed E-state index contributed by atoms with van der Waals surface area (Å²) in [5.41, 5.74) is 2.01. The van der Waals surface area contributed by atoms with Crippen molar-refractivity contribution in [2.24, 2.45) is 5.92 Å². The number of aliphatic hydroxyl groups excluding tert-OH is 1. The lowest BCUT2D eigenvalue weighted by Gasteiger charge is -2.15. The normalized spacial score (nSPS) is 12.9. The fraction of sp³-hybridized carbons (Fsp3) is 0.538. The maximum absolute atomic E-state index is 9.58. The van der Waals surface area contributed by atoms with Crippen LogP contribution in [0.3, 0.4) is 0 Å². The molecule has 0 aliphatic carbocycles. The molecular weight excluding hydrogens is 188 g/mol. The summed E-state index contributed by atoms with van der Waals surface area (Å²) in [6.07, 6.45) is -0.479. The first-order chi connectivity index (χ1) is 7.00. The second-order valence-corrected chi connectivity index (χ2v) is 4.42. The molecule has 1 aromatic rings. The van der Waals surface area contributed by atoms with Crippen LogP contribution in [0, 0.1) is 12.8 Å². The molecule has 0 aliphatic heterocycles. The second kappa shape index (κ2) is 5.17. The van der Waals surface area contributed by atoms with Gasteiger partial charge in [-0.15, -0.1) is 0 Å². The summed E-state index contributed by atoms with van der Waals surface area (Å²) < 4.78 is 5.68. The van der Waals surface area contributed by atoms with Crippen molar-refractivity contribution in [2.45, 2.75) is 33.8 Å². The van der Waals surface area contributed by atoms with Gasteiger partial charge in [-0.2, -0.15) is 0 Å². The minimum absolute atomic E-state index is 0.479. The quantitative estimate of drug-likeness (QED) is 0.824. The van der Waals surface area contributed by atoms with Crippen LogP contribution < -0.4 is 4.74 Å². The van der Waals surface area contributed by atoms with Crippen LogP contribution in [0.25, 0.3) is 0 Å². The smallest absolute Gasteiger partial charge is 0.125 e. The standard InChI is InChI=1S/C13H20O2/c1-9(2)8-15-13-7-10(3)5-6-12(13)11(4)14/h5-7,9,11,14H,8H2,1-4H3/t11-/m0/s1. The zero-order valence-corrected chi connectivity index (χ0v) is 9.95. The molecule has 0 aromatic heterocycles. The van der Waals surface area contributed by atoms with Crippen LogP contribution in [0.1, 0.15) is 38.0 Å². The van der Waals surface area contributed by atoms with Crippen LogP contribution in [0.15, 0.2) is 18.2 Å². The molecule has 0 saturated heterocycles. The van der Waals surface area contributed by atoms with Crippen molar-refractivity contribution in [2.75, 3.05) is 6.61 Å². The molecule has 0 bridgehead atoms. The molecule has 15 heavy (non-hydrogen) atoms. The Labute approximate surface area is 91.9 Å². The Hall–Kier alpha value is -1.02. The number of hydrogen-bond donors (Lipinski definition) is 1. The van der Waals surface area contributed by atoms with Gasteiger partial charge in [0.2, 0.25) is 0 Å². The second-order valence-electron chi connectivity index (χ2n) is 4.42. The molecule has 0 radical (unpaired) electrons. The van der Waals surface area contributed by atoms with Crippen molar-refractivity contribution in [1.29, 1.82) is 0 Å². The summed E-state index contributed by atoms with van der Waals surface area (Å²) >= 11 is 0. The Morgan fingerprint density at radius 2 is 1.93 bits per heavy atom. The highest BCUT2D eigenvalue weighted by atomic mass is 16.5. The third-order valence-electron chi connectivity index (χ3n) is 2.19. The summed E-state index contributed by atoms with van der Waals surface area (Å²) in [6.45, 7) is 8.68. The van der Waals surface area contributed by atoms with E-state index in [4.69, 9.17) is 4.74 Å². The van der Waals surface area contributed by atoms with E-state index in [1.807, 2.05) is 25.1 Å². The molecule has 1 aromatic carbocycles. The summed E-state index contributed by atoms with van der Waals surface area (Å²) in [6, 6.07) is 5.89. The SMILES string of the molecule is Cc1ccc([C@H](C)O)c(OCC(C)C)c1. The Balaban J connectivity index is 2.87. The molecule has 0 heterocycles. The Morgan fingerprint density at radius 1 is 1.27 bits per heavy atom. The third kappa shape index (κ3) is 3.56. The van der Waals surface area contributed by atoms with E-state index < -0.39 is 6.10 Å². The molecule has 0 spiro atoms. The van der Waals surface area contributed by atoms with Gasteiger partial charge in [0, 0.05) is 5.56 Å². The van der Waals surface area contributed by atoms with Gasteiger partial charge in [0.15, 0.2) is 0 Å². The van der Waals surface area contributed by atoms with Gasteiger partial charge >= 0.3 is 0 Å². The molecule has 1 rings (SSSR count). The van der Waals surface area contributed by atoms with Crippen LogP contribution in [-0.4, -0.2) is 11.7 Å². The topological polar surface area (TPSA) is 29.5 Å². The van der Waals surface area contributed by atoms with Crippen LogP contribution in [0.4, 0.5) is 0 Å².